The number of carbonyl (C=O) groups excluding carboxylic acids is 1. The van der Waals surface area contributed by atoms with Crippen LogP contribution >= 0.6 is 0 Å². The van der Waals surface area contributed by atoms with Crippen molar-refractivity contribution in [3.05, 3.63) is 131 Å². The molecule has 4 aromatic rings. The molecular weight excluding hydrogens is 412 g/mol. The van der Waals surface area contributed by atoms with Crippen molar-refractivity contribution in [2.75, 3.05) is 0 Å². The number of ketones is 1. The van der Waals surface area contributed by atoms with Crippen LogP contribution in [0.3, 0.4) is 0 Å². The number of rotatable bonds is 6. The van der Waals surface area contributed by atoms with Crippen LogP contribution in [0.2, 0.25) is 0 Å². The van der Waals surface area contributed by atoms with E-state index in [0.717, 1.165) is 16.7 Å². The summed E-state index contributed by atoms with van der Waals surface area (Å²) < 4.78 is 5.88. The van der Waals surface area contributed by atoms with Gasteiger partial charge in [0.05, 0.1) is 5.56 Å². The molecule has 0 bridgehead atoms. The normalized spacial score (nSPS) is 10.0. The summed E-state index contributed by atoms with van der Waals surface area (Å²) in [5.41, 5.74) is 3.72. The first-order chi connectivity index (χ1) is 14.2. The molecule has 0 fully saturated rings. The van der Waals surface area contributed by atoms with Gasteiger partial charge in [0, 0.05) is 17.1 Å². The standard InChI is InChI=1S/C22H19O2.C5H.Fe/c1-17-11-14-22(24-16-19-9-3-2-4-10-19)20(15-17)21(23)13-12-18-7-5-6-8-18;1-2-4-5-3-1;/h2-15H,16H2,1H3;1H;/q-1;-5;. The Kier molecular flexibility index (Phi) is 9.60. The molecule has 0 N–H and O–H groups in total. The van der Waals surface area contributed by atoms with Gasteiger partial charge < -0.3 is 39.9 Å². The SMILES string of the molecule is Cc1ccc(OCc2ccccc2)c(C(=O)C=C[c-]2cccc2)c1.[Fe].[c-]1[c-][c-][cH-][c-]1. The maximum Gasteiger partial charge on any atom is 0.149 e. The van der Waals surface area contributed by atoms with E-state index in [9.17, 15) is 4.79 Å². The van der Waals surface area contributed by atoms with Crippen LogP contribution in [0.25, 0.3) is 6.08 Å². The second kappa shape index (κ2) is 12.4. The fourth-order valence-electron chi connectivity index (χ4n) is 2.64. The van der Waals surface area contributed by atoms with Gasteiger partial charge in [0.1, 0.15) is 18.1 Å². The van der Waals surface area contributed by atoms with Crippen molar-refractivity contribution in [1.29, 1.82) is 0 Å². The third-order valence-electron chi connectivity index (χ3n) is 4.10. The van der Waals surface area contributed by atoms with Crippen LogP contribution in [0, 0.1) is 31.2 Å². The number of hydrogen-bond donors (Lipinski definition) is 0. The van der Waals surface area contributed by atoms with Gasteiger partial charge in [-0.2, -0.15) is 12.1 Å². The van der Waals surface area contributed by atoms with Crippen LogP contribution < -0.4 is 4.74 Å². The molecule has 4 aromatic carbocycles. The van der Waals surface area contributed by atoms with Crippen molar-refractivity contribution in [2.45, 2.75) is 13.5 Å². The van der Waals surface area contributed by atoms with E-state index in [1.54, 1.807) is 12.1 Å². The van der Waals surface area contributed by atoms with Gasteiger partial charge in [-0.1, -0.05) is 48.0 Å². The molecule has 154 valence electrons. The number of hydrogen-bond acceptors (Lipinski definition) is 2. The molecule has 0 aliphatic rings. The molecule has 0 aliphatic heterocycles. The molecule has 2 nitrogen and oxygen atoms in total. The van der Waals surface area contributed by atoms with Crippen LogP contribution in [0.4, 0.5) is 0 Å². The van der Waals surface area contributed by atoms with Crippen LogP contribution in [-0.2, 0) is 23.7 Å². The summed E-state index contributed by atoms with van der Waals surface area (Å²) in [7, 11) is 0. The van der Waals surface area contributed by atoms with E-state index in [4.69, 9.17) is 4.74 Å². The minimum Gasteiger partial charge on any atom is -0.999 e. The zero-order valence-corrected chi connectivity index (χ0v) is 17.6. The average molecular weight is 432 g/mol. The van der Waals surface area contributed by atoms with Crippen LogP contribution in [0.15, 0.2) is 84.9 Å². The predicted octanol–water partition coefficient (Wildman–Crippen LogP) is 5.79. The zero-order valence-electron chi connectivity index (χ0n) is 16.5. The molecule has 0 unspecified atom stereocenters. The molecule has 0 atom stereocenters. The van der Waals surface area contributed by atoms with E-state index in [-0.39, 0.29) is 22.9 Å². The molecule has 0 aliphatic carbocycles. The van der Waals surface area contributed by atoms with Gasteiger partial charge in [-0.3, -0.25) is 0 Å². The Balaban J connectivity index is 0.000000468. The predicted molar refractivity (Wildman–Crippen MR) is 115 cm³/mol. The van der Waals surface area contributed by atoms with E-state index >= 15 is 0 Å². The van der Waals surface area contributed by atoms with Gasteiger partial charge in [0.15, 0.2) is 0 Å². The second-order valence-corrected chi connectivity index (χ2v) is 6.37. The fourth-order valence-corrected chi connectivity index (χ4v) is 2.64. The van der Waals surface area contributed by atoms with E-state index in [1.165, 1.54) is 0 Å². The first-order valence-electron chi connectivity index (χ1n) is 9.26. The summed E-state index contributed by atoms with van der Waals surface area (Å²) in [6.07, 6.45) is 3.42. The van der Waals surface area contributed by atoms with Gasteiger partial charge in [0.25, 0.3) is 0 Å². The molecule has 4 rings (SSSR count). The third-order valence-corrected chi connectivity index (χ3v) is 4.10. The van der Waals surface area contributed by atoms with Gasteiger partial charge in [0.2, 0.25) is 0 Å². The Morgan fingerprint density at radius 1 is 1.03 bits per heavy atom. The van der Waals surface area contributed by atoms with Crippen LogP contribution in [-0.4, -0.2) is 5.78 Å². The van der Waals surface area contributed by atoms with E-state index in [0.29, 0.717) is 17.9 Å². The fraction of sp³-hybridized carbons (Fsp3) is 0.0741. The number of aryl methyl sites for hydroxylation is 1. The summed E-state index contributed by atoms with van der Waals surface area (Å²) in [6.45, 7) is 2.41. The summed E-state index contributed by atoms with van der Waals surface area (Å²) in [5, 5.41) is 0. The summed E-state index contributed by atoms with van der Waals surface area (Å²) in [6, 6.07) is 35.5. The summed E-state index contributed by atoms with van der Waals surface area (Å²) in [5.74, 6) is 0.560. The average Bonchev–Trinajstić information content (AvgIpc) is 3.48. The van der Waals surface area contributed by atoms with Gasteiger partial charge in [-0.05, 0) is 24.6 Å². The van der Waals surface area contributed by atoms with Gasteiger partial charge >= 0.3 is 0 Å². The third kappa shape index (κ3) is 7.36. The van der Waals surface area contributed by atoms with Gasteiger partial charge in [-0.25, -0.2) is 0 Å². The molecule has 0 aromatic heterocycles. The summed E-state index contributed by atoms with van der Waals surface area (Å²) >= 11 is 0. The van der Waals surface area contributed by atoms with E-state index in [1.807, 2.05) is 85.8 Å². The number of carbonyl (C=O) groups is 1. The number of benzene rings is 2. The Hall–Kier alpha value is -3.13. The first kappa shape index (κ1) is 23.2. The Labute approximate surface area is 189 Å². The second-order valence-electron chi connectivity index (χ2n) is 6.37. The van der Waals surface area contributed by atoms with Crippen molar-refractivity contribution >= 4 is 11.9 Å². The quantitative estimate of drug-likeness (QED) is 0.167. The van der Waals surface area contributed by atoms with E-state index in [2.05, 4.69) is 24.3 Å². The molecule has 0 saturated carbocycles. The molecule has 0 amide bonds. The first-order valence-corrected chi connectivity index (χ1v) is 9.26. The molecule has 0 saturated heterocycles. The maximum absolute atomic E-state index is 12.6. The largest absolute Gasteiger partial charge is 0.999 e. The Morgan fingerprint density at radius 3 is 2.37 bits per heavy atom. The molecule has 0 spiro atoms. The molecular formula is C27H20FeO2-6. The van der Waals surface area contributed by atoms with Crippen molar-refractivity contribution < 1.29 is 26.6 Å². The number of allylic oxidation sites excluding steroid dienone is 1. The Bertz CT molecular complexity index is 997. The van der Waals surface area contributed by atoms with Crippen molar-refractivity contribution in [1.82, 2.24) is 0 Å². The summed E-state index contributed by atoms with van der Waals surface area (Å²) in [4.78, 5) is 12.6. The topological polar surface area (TPSA) is 26.3 Å². The van der Waals surface area contributed by atoms with Gasteiger partial charge in [-0.15, -0.1) is 23.8 Å². The molecule has 0 heterocycles. The zero-order chi connectivity index (χ0) is 20.3. The number of ether oxygens (including phenoxy) is 1. The van der Waals surface area contributed by atoms with Crippen LogP contribution in [0.1, 0.15) is 27.0 Å². The van der Waals surface area contributed by atoms with Crippen molar-refractivity contribution in [2.24, 2.45) is 0 Å². The molecule has 30 heavy (non-hydrogen) atoms. The van der Waals surface area contributed by atoms with Crippen LogP contribution in [0.5, 0.6) is 5.75 Å². The minimum atomic E-state index is -0.0528. The molecule has 3 heteroatoms. The van der Waals surface area contributed by atoms with Crippen molar-refractivity contribution in [3.8, 4) is 5.75 Å². The molecule has 0 radical (unpaired) electrons. The Morgan fingerprint density at radius 2 is 1.73 bits per heavy atom. The minimum absolute atomic E-state index is 0. The van der Waals surface area contributed by atoms with E-state index < -0.39 is 0 Å². The van der Waals surface area contributed by atoms with Crippen molar-refractivity contribution in [3.63, 3.8) is 0 Å². The monoisotopic (exact) mass is 432 g/mol. The maximum atomic E-state index is 12.6. The smallest absolute Gasteiger partial charge is 0.149 e.